The first-order valence-corrected chi connectivity index (χ1v) is 35.7. The van der Waals surface area contributed by atoms with Crippen LogP contribution in [0.5, 0.6) is 11.5 Å². The highest BCUT2D eigenvalue weighted by Gasteiger charge is 2.40. The number of nitrogens with one attached hydrogen (secondary N) is 12. The number of aliphatic carboxylic acids is 3. The summed E-state index contributed by atoms with van der Waals surface area (Å²) >= 11 is 0. The van der Waals surface area contributed by atoms with Crippen molar-refractivity contribution in [2.45, 2.75) is 217 Å². The summed E-state index contributed by atoms with van der Waals surface area (Å²) in [6.07, 6.45) is -6.47. The molecule has 2 aromatic carbocycles. The Labute approximate surface area is 637 Å². The second-order valence-corrected chi connectivity index (χ2v) is 28.0. The molecule has 1 fully saturated rings. The van der Waals surface area contributed by atoms with Gasteiger partial charge < -0.3 is 122 Å². The first-order chi connectivity index (χ1) is 51.9. The zero-order chi connectivity index (χ0) is 83.8. The summed E-state index contributed by atoms with van der Waals surface area (Å²) in [5.74, 6) is -22.8. The highest BCUT2D eigenvalue weighted by Crippen LogP contribution is 2.19. The zero-order valence-electron chi connectivity index (χ0n) is 62.7. The molecule has 1 heterocycles. The minimum absolute atomic E-state index is 0.0683. The molecule has 41 nitrogen and oxygen atoms in total. The van der Waals surface area contributed by atoms with Gasteiger partial charge in [0.05, 0.1) is 38.1 Å². The molecule has 614 valence electrons. The molecule has 111 heavy (non-hydrogen) atoms. The number of nitrogens with zero attached hydrogens (tertiary/aromatic N) is 1. The molecule has 0 aliphatic carbocycles. The van der Waals surface area contributed by atoms with E-state index in [9.17, 15) is 122 Å². The number of phenolic OH excluding ortho intramolecular Hbond substituents is 2. The largest absolute Gasteiger partial charge is 0.508 e. The molecule has 14 atom stereocenters. The molecule has 0 spiro atoms. The summed E-state index contributed by atoms with van der Waals surface area (Å²) in [5, 5.41) is 97.6. The number of aliphatic hydroxyl groups excluding tert-OH is 2. The van der Waals surface area contributed by atoms with Gasteiger partial charge in [-0.1, -0.05) is 65.8 Å². The summed E-state index contributed by atoms with van der Waals surface area (Å²) in [6, 6.07) is -10.7. The molecule has 3 rings (SSSR count). The molecule has 1 saturated heterocycles. The first kappa shape index (κ1) is 93.6. The normalized spacial score (nSPS) is 16.1. The lowest BCUT2D eigenvalue weighted by molar-refractivity contribution is -0.148. The van der Waals surface area contributed by atoms with E-state index in [0.29, 0.717) is 17.5 Å². The van der Waals surface area contributed by atoms with Crippen LogP contribution in [0.2, 0.25) is 0 Å². The fourth-order valence-electron chi connectivity index (χ4n) is 11.3. The van der Waals surface area contributed by atoms with E-state index < -0.39 is 249 Å². The highest BCUT2D eigenvalue weighted by atomic mass is 16.4. The predicted octanol–water partition coefficient (Wildman–Crippen LogP) is -6.64. The zero-order valence-corrected chi connectivity index (χ0v) is 62.7. The average Bonchev–Trinajstić information content (AvgIpc) is 1.78. The molecule has 0 aromatic heterocycles. The summed E-state index contributed by atoms with van der Waals surface area (Å²) in [6.45, 7) is 9.85. The molecule has 15 amide bonds. The summed E-state index contributed by atoms with van der Waals surface area (Å²) < 4.78 is 0. The minimum Gasteiger partial charge on any atom is -0.508 e. The number of primary amides is 2. The van der Waals surface area contributed by atoms with Crippen LogP contribution in [0.25, 0.3) is 0 Å². The quantitative estimate of drug-likeness (QED) is 0.0293. The van der Waals surface area contributed by atoms with Crippen molar-refractivity contribution in [3.8, 4) is 11.5 Å². The van der Waals surface area contributed by atoms with Gasteiger partial charge in [0.15, 0.2) is 0 Å². The van der Waals surface area contributed by atoms with Crippen LogP contribution in [0.15, 0.2) is 48.5 Å². The summed E-state index contributed by atoms with van der Waals surface area (Å²) in [4.78, 5) is 241. The number of carbonyl (C=O) groups is 18. The Morgan fingerprint density at radius 3 is 1.35 bits per heavy atom. The van der Waals surface area contributed by atoms with Crippen molar-refractivity contribution in [2.24, 2.45) is 35.0 Å². The maximum atomic E-state index is 14.5. The van der Waals surface area contributed by atoms with E-state index in [1.165, 1.54) is 62.4 Å². The number of carbonyl (C=O) groups excluding carboxylic acids is 15. The molecule has 0 bridgehead atoms. The number of amides is 15. The van der Waals surface area contributed by atoms with Crippen molar-refractivity contribution in [1.29, 1.82) is 0 Å². The number of nitrogens with two attached hydrogens (primary N) is 3. The van der Waals surface area contributed by atoms with E-state index in [1.807, 2.05) is 0 Å². The second kappa shape index (κ2) is 45.4. The Hall–Kier alpha value is -11.6. The van der Waals surface area contributed by atoms with Crippen LogP contribution in [0, 0.1) is 17.8 Å². The number of hydrogen-bond acceptors (Lipinski definition) is 23. The number of carboxylic acids is 3. The SMILES string of the molecule is CC(C)CC(NC(=O)C(C)NC(=O)C(CO)NC(=O)C(CCC(=O)O)NC(=O)C(NC(=O)C(CC(=O)O)NC(=O)C(NC(=O)C(CC(N)=O)NC(=O)C(N)Cc1ccc(O)cc1)C(C)C)C(C)O)C(=O)NC(CC(C)C)C(=O)NC(Cc1ccc(O)cc1)C(=O)NC(CCC(N)=O)C(=O)NCC(=O)N1CCCC1C(=O)O. The average molecular weight is 1570 g/mol. The van der Waals surface area contributed by atoms with E-state index in [4.69, 9.17) is 17.2 Å². The first-order valence-electron chi connectivity index (χ1n) is 35.7. The molecule has 2 aromatic rings. The van der Waals surface area contributed by atoms with Gasteiger partial charge in [0.25, 0.3) is 0 Å². The van der Waals surface area contributed by atoms with Gasteiger partial charge in [0, 0.05) is 25.8 Å². The van der Waals surface area contributed by atoms with Crippen molar-refractivity contribution < 1.29 is 122 Å². The van der Waals surface area contributed by atoms with Crippen LogP contribution in [-0.2, 0) is 99.1 Å². The number of likely N-dealkylation sites (tertiary alicyclic amines) is 1. The summed E-state index contributed by atoms with van der Waals surface area (Å²) in [7, 11) is 0. The molecule has 14 unspecified atom stereocenters. The Bertz CT molecular complexity index is 3650. The third kappa shape index (κ3) is 32.6. The van der Waals surface area contributed by atoms with E-state index in [2.05, 4.69) is 63.8 Å². The van der Waals surface area contributed by atoms with E-state index in [-0.39, 0.29) is 62.0 Å². The second-order valence-electron chi connectivity index (χ2n) is 28.0. The molecular weight excluding hydrogens is 1460 g/mol. The maximum absolute atomic E-state index is 14.5. The van der Waals surface area contributed by atoms with Gasteiger partial charge in [-0.15, -0.1) is 0 Å². The Morgan fingerprint density at radius 2 is 0.865 bits per heavy atom. The third-order valence-corrected chi connectivity index (χ3v) is 17.2. The summed E-state index contributed by atoms with van der Waals surface area (Å²) in [5.41, 5.74) is 17.7. The Kier molecular flexibility index (Phi) is 38.3. The standard InChI is InChI=1S/C70H104N16O25/c1-32(2)24-44(62(102)80-45(25-33(3)4)63(103)81-46(27-38-13-17-40(90)18-14-38)64(104)76-42(19-21-51(72)91)60(100)74-30-53(93)86-23-9-10-50(86)70(110)111)78-58(98)35(7)75-67(107)49(31-87)83-61(101)43(20-22-54(94)95)77-69(109)57(36(8)88)85-66(106)48(29-55(96)97)82-68(108)56(34(5)6)84-65(105)47(28-52(73)92)79-59(99)41(71)26-37-11-15-39(89)16-12-37/h11-18,32-36,41-50,56-57,87-90H,9-10,19-31,71H2,1-8H3,(H2,72,91)(H2,73,92)(H,74,100)(H,75,107)(H,76,104)(H,77,109)(H,78,98)(H,79,99)(H,80,102)(H,81,103)(H,82,108)(H,83,101)(H,84,105)(H,85,106)(H,94,95)(H,96,97)(H,110,111). The maximum Gasteiger partial charge on any atom is 0.326 e. The number of benzene rings is 2. The number of aliphatic hydroxyl groups is 2. The lowest BCUT2D eigenvalue weighted by Crippen LogP contribution is -2.62. The van der Waals surface area contributed by atoms with Crippen molar-refractivity contribution in [3.05, 3.63) is 59.7 Å². The van der Waals surface area contributed by atoms with Gasteiger partial charge in [-0.05, 0) is 112 Å². The third-order valence-electron chi connectivity index (χ3n) is 17.2. The van der Waals surface area contributed by atoms with Crippen molar-refractivity contribution >= 4 is 107 Å². The van der Waals surface area contributed by atoms with E-state index in [1.54, 1.807) is 27.7 Å². The fourth-order valence-corrected chi connectivity index (χ4v) is 11.3. The van der Waals surface area contributed by atoms with Crippen LogP contribution in [0.3, 0.4) is 0 Å². The molecule has 1 aliphatic rings. The number of rotatable bonds is 47. The lowest BCUT2D eigenvalue weighted by Gasteiger charge is -2.29. The van der Waals surface area contributed by atoms with Crippen LogP contribution in [0.1, 0.15) is 131 Å². The number of carboxylic acid groups (broad SMARTS) is 3. The monoisotopic (exact) mass is 1570 g/mol. The van der Waals surface area contributed by atoms with E-state index in [0.717, 1.165) is 18.7 Å². The van der Waals surface area contributed by atoms with Gasteiger partial charge in [-0.3, -0.25) is 81.5 Å². The van der Waals surface area contributed by atoms with Gasteiger partial charge in [-0.2, -0.15) is 0 Å². The van der Waals surface area contributed by atoms with Crippen molar-refractivity contribution in [2.75, 3.05) is 19.7 Å². The molecule has 0 saturated carbocycles. The Balaban J connectivity index is 1.81. The lowest BCUT2D eigenvalue weighted by atomic mass is 9.99. The van der Waals surface area contributed by atoms with Gasteiger partial charge in [0.1, 0.15) is 84.0 Å². The van der Waals surface area contributed by atoms with Crippen molar-refractivity contribution in [3.63, 3.8) is 0 Å². The Morgan fingerprint density at radius 1 is 0.450 bits per heavy atom. The molecule has 25 N–H and O–H groups in total. The van der Waals surface area contributed by atoms with Gasteiger partial charge in [0.2, 0.25) is 88.6 Å². The van der Waals surface area contributed by atoms with Crippen LogP contribution in [-0.4, -0.2) is 252 Å². The van der Waals surface area contributed by atoms with Gasteiger partial charge in [-0.25, -0.2) is 4.79 Å². The van der Waals surface area contributed by atoms with Crippen molar-refractivity contribution in [1.82, 2.24) is 68.7 Å². The molecule has 41 heteroatoms. The van der Waals surface area contributed by atoms with Crippen LogP contribution in [0.4, 0.5) is 0 Å². The highest BCUT2D eigenvalue weighted by molar-refractivity contribution is 6.01. The number of phenols is 2. The number of aromatic hydroxyl groups is 2. The number of hydrogen-bond donors (Lipinski definition) is 22. The minimum atomic E-state index is -2.15. The predicted molar refractivity (Wildman–Crippen MR) is 388 cm³/mol. The van der Waals surface area contributed by atoms with E-state index >= 15 is 0 Å². The van der Waals surface area contributed by atoms with Crippen LogP contribution < -0.4 is 81.0 Å². The molecule has 0 radical (unpaired) electrons. The molecule has 1 aliphatic heterocycles. The smallest absolute Gasteiger partial charge is 0.326 e. The topological polar surface area (TPSA) is 675 Å². The van der Waals surface area contributed by atoms with Crippen LogP contribution >= 0.6 is 0 Å². The van der Waals surface area contributed by atoms with Gasteiger partial charge >= 0.3 is 17.9 Å². The molecular formula is C70H104N16O25. The fraction of sp³-hybridized carbons (Fsp3) is 0.571.